The Hall–Kier alpha value is -3.74. The number of aryl methyl sites for hydroxylation is 1. The molecule has 2 aromatic heterocycles. The Labute approximate surface area is 160 Å². The van der Waals surface area contributed by atoms with E-state index < -0.39 is 0 Å². The number of fused-ring (bicyclic) bond motifs is 3. The molecule has 0 unspecified atom stereocenters. The van der Waals surface area contributed by atoms with Gasteiger partial charge in [0.05, 0.1) is 24.8 Å². The highest BCUT2D eigenvalue weighted by molar-refractivity contribution is 5.91. The molecule has 4 aromatic rings. The summed E-state index contributed by atoms with van der Waals surface area (Å²) in [6, 6.07) is 15.3. The number of rotatable bonds is 3. The largest absolute Gasteiger partial charge is 0.465 e. The molecule has 1 aliphatic heterocycles. The zero-order valence-corrected chi connectivity index (χ0v) is 15.3. The van der Waals surface area contributed by atoms with Crippen molar-refractivity contribution >= 4 is 5.97 Å². The van der Waals surface area contributed by atoms with E-state index in [2.05, 4.69) is 15.4 Å². The van der Waals surface area contributed by atoms with E-state index in [1.54, 1.807) is 12.1 Å². The van der Waals surface area contributed by atoms with Crippen LogP contribution in [0, 0.1) is 6.92 Å². The number of hydrogen-bond acceptors (Lipinski definition) is 6. The summed E-state index contributed by atoms with van der Waals surface area (Å²) in [5, 5.41) is 13.1. The number of carbonyl (C=O) groups is 1. The molecule has 0 fully saturated rings. The van der Waals surface area contributed by atoms with E-state index in [0.717, 1.165) is 33.8 Å². The van der Waals surface area contributed by atoms with E-state index in [0.29, 0.717) is 23.7 Å². The van der Waals surface area contributed by atoms with Crippen molar-refractivity contribution in [2.45, 2.75) is 13.5 Å². The van der Waals surface area contributed by atoms with Crippen molar-refractivity contribution in [1.82, 2.24) is 19.9 Å². The molecule has 138 valence electrons. The molecule has 28 heavy (non-hydrogen) atoms. The monoisotopic (exact) mass is 372 g/mol. The normalized spacial score (nSPS) is 11.9. The molecule has 5 rings (SSSR count). The third-order valence-corrected chi connectivity index (χ3v) is 4.98. The van der Waals surface area contributed by atoms with Gasteiger partial charge in [-0.2, -0.15) is 0 Å². The zero-order valence-electron chi connectivity index (χ0n) is 15.3. The van der Waals surface area contributed by atoms with Crippen LogP contribution in [0.5, 0.6) is 0 Å². The highest BCUT2D eigenvalue weighted by Crippen LogP contribution is 2.39. The Bertz CT molecular complexity index is 1210. The Balaban J connectivity index is 1.64. The van der Waals surface area contributed by atoms with Gasteiger partial charge in [-0.15, -0.1) is 10.2 Å². The fourth-order valence-electron chi connectivity index (χ4n) is 3.60. The van der Waals surface area contributed by atoms with E-state index in [-0.39, 0.29) is 5.97 Å². The first-order valence-corrected chi connectivity index (χ1v) is 8.84. The number of benzene rings is 2. The zero-order chi connectivity index (χ0) is 19.3. The predicted molar refractivity (Wildman–Crippen MR) is 102 cm³/mol. The number of esters is 1. The van der Waals surface area contributed by atoms with Crippen LogP contribution >= 0.6 is 0 Å². The van der Waals surface area contributed by atoms with Crippen molar-refractivity contribution in [3.8, 4) is 34.0 Å². The average molecular weight is 372 g/mol. The van der Waals surface area contributed by atoms with E-state index in [9.17, 15) is 4.79 Å². The summed E-state index contributed by atoms with van der Waals surface area (Å²) in [5.41, 5.74) is 4.97. The smallest absolute Gasteiger partial charge is 0.337 e. The van der Waals surface area contributed by atoms with Gasteiger partial charge in [-0.1, -0.05) is 41.6 Å². The fraction of sp³-hybridized carbons (Fsp3) is 0.143. The van der Waals surface area contributed by atoms with Crippen molar-refractivity contribution in [3.05, 3.63) is 65.4 Å². The van der Waals surface area contributed by atoms with Crippen LogP contribution in [0.2, 0.25) is 0 Å². The number of aromatic nitrogens is 4. The van der Waals surface area contributed by atoms with Crippen molar-refractivity contribution < 1.29 is 14.1 Å². The van der Waals surface area contributed by atoms with Gasteiger partial charge < -0.3 is 13.8 Å². The average Bonchev–Trinajstić information content (AvgIpc) is 3.41. The van der Waals surface area contributed by atoms with Crippen LogP contribution < -0.4 is 0 Å². The highest BCUT2D eigenvalue weighted by Gasteiger charge is 2.29. The highest BCUT2D eigenvalue weighted by atomic mass is 16.5. The van der Waals surface area contributed by atoms with Crippen LogP contribution in [0.25, 0.3) is 34.0 Å². The van der Waals surface area contributed by atoms with Crippen molar-refractivity contribution in [1.29, 1.82) is 0 Å². The lowest BCUT2D eigenvalue weighted by Gasteiger charge is -2.04. The lowest BCUT2D eigenvalue weighted by Crippen LogP contribution is -2.01. The van der Waals surface area contributed by atoms with Crippen molar-refractivity contribution in [2.24, 2.45) is 0 Å². The minimum Gasteiger partial charge on any atom is -0.465 e. The predicted octanol–water partition coefficient (Wildman–Crippen LogP) is 3.72. The van der Waals surface area contributed by atoms with Gasteiger partial charge in [0.15, 0.2) is 11.6 Å². The fourth-order valence-corrected chi connectivity index (χ4v) is 3.60. The summed E-state index contributed by atoms with van der Waals surface area (Å²) in [7, 11) is 1.37. The molecule has 7 nitrogen and oxygen atoms in total. The summed E-state index contributed by atoms with van der Waals surface area (Å²) in [6.07, 6.45) is 0. The van der Waals surface area contributed by atoms with Crippen LogP contribution in [-0.4, -0.2) is 33.0 Å². The van der Waals surface area contributed by atoms with Gasteiger partial charge in [0, 0.05) is 11.1 Å². The molecule has 1 aliphatic rings. The molecule has 0 atom stereocenters. The molecule has 0 bridgehead atoms. The topological polar surface area (TPSA) is 83.0 Å². The molecule has 7 heteroatoms. The first-order chi connectivity index (χ1) is 13.7. The summed E-state index contributed by atoms with van der Waals surface area (Å²) < 4.78 is 12.3. The number of methoxy groups -OCH3 is 1. The van der Waals surface area contributed by atoms with Crippen LogP contribution in [0.1, 0.15) is 21.7 Å². The summed E-state index contributed by atoms with van der Waals surface area (Å²) >= 11 is 0. The number of nitrogens with zero attached hydrogens (tertiary/aromatic N) is 4. The maximum absolute atomic E-state index is 11.9. The van der Waals surface area contributed by atoms with Crippen LogP contribution in [0.4, 0.5) is 0 Å². The van der Waals surface area contributed by atoms with Crippen LogP contribution in [-0.2, 0) is 11.3 Å². The first-order valence-electron chi connectivity index (χ1n) is 8.84. The molecule has 0 saturated heterocycles. The summed E-state index contributed by atoms with van der Waals surface area (Å²) in [5.74, 6) is 1.72. The van der Waals surface area contributed by atoms with Gasteiger partial charge >= 0.3 is 5.97 Å². The Morgan fingerprint density at radius 2 is 1.89 bits per heavy atom. The van der Waals surface area contributed by atoms with Crippen molar-refractivity contribution in [2.75, 3.05) is 7.11 Å². The van der Waals surface area contributed by atoms with E-state index in [1.807, 2.05) is 47.9 Å². The third-order valence-electron chi connectivity index (χ3n) is 4.98. The van der Waals surface area contributed by atoms with E-state index in [1.165, 1.54) is 7.11 Å². The van der Waals surface area contributed by atoms with Crippen LogP contribution in [0.15, 0.2) is 53.1 Å². The van der Waals surface area contributed by atoms with Gasteiger partial charge in [-0.3, -0.25) is 0 Å². The van der Waals surface area contributed by atoms with Gasteiger partial charge in [-0.05, 0) is 24.6 Å². The Morgan fingerprint density at radius 1 is 1.11 bits per heavy atom. The SMILES string of the molecule is COC(=O)c1ccc2c(c1)-c1nnc(-c3c(-c4ccccc4)noc3C)n1C2. The van der Waals surface area contributed by atoms with E-state index >= 15 is 0 Å². The van der Waals surface area contributed by atoms with Gasteiger partial charge in [0.25, 0.3) is 0 Å². The minimum absolute atomic E-state index is 0.373. The van der Waals surface area contributed by atoms with Crippen molar-refractivity contribution in [3.63, 3.8) is 0 Å². The maximum Gasteiger partial charge on any atom is 0.337 e. The second-order valence-electron chi connectivity index (χ2n) is 6.63. The standard InChI is InChI=1S/C21H16N4O3/c1-12-17(18(24-28-12)13-6-4-3-5-7-13)20-23-22-19-16-10-14(21(26)27-2)8-9-15(16)11-25(19)20/h3-10H,11H2,1-2H3. The molecule has 0 aliphatic carbocycles. The molecular formula is C21H16N4O3. The number of ether oxygens (including phenoxy) is 1. The number of carbonyl (C=O) groups excluding carboxylic acids is 1. The molecular weight excluding hydrogens is 356 g/mol. The molecule has 0 saturated carbocycles. The van der Waals surface area contributed by atoms with Gasteiger partial charge in [0.1, 0.15) is 11.5 Å². The van der Waals surface area contributed by atoms with Crippen LogP contribution in [0.3, 0.4) is 0 Å². The molecule has 0 spiro atoms. The Morgan fingerprint density at radius 3 is 2.68 bits per heavy atom. The molecule has 0 amide bonds. The minimum atomic E-state index is -0.373. The maximum atomic E-state index is 11.9. The third kappa shape index (κ3) is 2.36. The molecule has 0 radical (unpaired) electrons. The lowest BCUT2D eigenvalue weighted by atomic mass is 10.1. The second-order valence-corrected chi connectivity index (χ2v) is 6.63. The lowest BCUT2D eigenvalue weighted by molar-refractivity contribution is 0.0601. The second kappa shape index (κ2) is 6.16. The number of hydrogen-bond donors (Lipinski definition) is 0. The quantitative estimate of drug-likeness (QED) is 0.449. The molecule has 0 N–H and O–H groups in total. The first kappa shape index (κ1) is 16.4. The van der Waals surface area contributed by atoms with E-state index in [4.69, 9.17) is 9.26 Å². The summed E-state index contributed by atoms with van der Waals surface area (Å²) in [4.78, 5) is 11.9. The summed E-state index contributed by atoms with van der Waals surface area (Å²) in [6.45, 7) is 2.49. The van der Waals surface area contributed by atoms with Gasteiger partial charge in [-0.25, -0.2) is 4.79 Å². The Kier molecular flexibility index (Phi) is 3.61. The molecule has 2 aromatic carbocycles. The van der Waals surface area contributed by atoms with Gasteiger partial charge in [0.2, 0.25) is 0 Å². The molecule has 3 heterocycles.